The van der Waals surface area contributed by atoms with E-state index in [0.29, 0.717) is 6.54 Å². The van der Waals surface area contributed by atoms with E-state index in [9.17, 15) is 4.79 Å². The van der Waals surface area contributed by atoms with Crippen LogP contribution in [0.4, 0.5) is 10.5 Å². The summed E-state index contributed by atoms with van der Waals surface area (Å²) in [6.45, 7) is 2.50. The molecule has 20 heavy (non-hydrogen) atoms. The van der Waals surface area contributed by atoms with Crippen LogP contribution in [0.25, 0.3) is 0 Å². The first-order valence-electron chi connectivity index (χ1n) is 6.50. The van der Waals surface area contributed by atoms with Crippen molar-refractivity contribution < 1.29 is 4.79 Å². The first-order chi connectivity index (χ1) is 9.74. The molecule has 0 saturated heterocycles. The second-order valence-electron chi connectivity index (χ2n) is 4.76. The lowest BCUT2D eigenvalue weighted by Crippen LogP contribution is -2.46. The molecule has 1 aliphatic heterocycles. The van der Waals surface area contributed by atoms with Crippen molar-refractivity contribution >= 4 is 17.4 Å². The van der Waals surface area contributed by atoms with Crippen molar-refractivity contribution in [2.24, 2.45) is 5.10 Å². The molecule has 2 aromatic rings. The Morgan fingerprint density at radius 3 is 2.45 bits per heavy atom. The molecule has 0 fully saturated rings. The van der Waals surface area contributed by atoms with Gasteiger partial charge in [-0.2, -0.15) is 5.10 Å². The highest BCUT2D eigenvalue weighted by Crippen LogP contribution is 2.18. The number of urea groups is 1. The summed E-state index contributed by atoms with van der Waals surface area (Å²) >= 11 is 0. The SMILES string of the molecule is Cc1ccc(N2CC(c3ccccc3)=NNC2=O)cc1. The van der Waals surface area contributed by atoms with Gasteiger partial charge in [-0.1, -0.05) is 48.0 Å². The molecule has 100 valence electrons. The smallest absolute Gasteiger partial charge is 0.287 e. The molecular formula is C16H15N3O. The number of carbonyl (C=O) groups is 1. The largest absolute Gasteiger partial charge is 0.342 e. The quantitative estimate of drug-likeness (QED) is 0.891. The van der Waals surface area contributed by atoms with Crippen LogP contribution in [-0.4, -0.2) is 18.3 Å². The fraction of sp³-hybridized carbons (Fsp3) is 0.125. The molecule has 2 aromatic carbocycles. The van der Waals surface area contributed by atoms with E-state index in [2.05, 4.69) is 10.5 Å². The molecule has 1 heterocycles. The zero-order valence-corrected chi connectivity index (χ0v) is 11.2. The molecular weight excluding hydrogens is 250 g/mol. The van der Waals surface area contributed by atoms with E-state index in [-0.39, 0.29) is 6.03 Å². The maximum Gasteiger partial charge on any atom is 0.342 e. The summed E-state index contributed by atoms with van der Waals surface area (Å²) in [5.74, 6) is 0. The van der Waals surface area contributed by atoms with Crippen LogP contribution in [-0.2, 0) is 0 Å². The minimum absolute atomic E-state index is 0.200. The third-order valence-electron chi connectivity index (χ3n) is 3.29. The highest BCUT2D eigenvalue weighted by atomic mass is 16.2. The number of anilines is 1. The molecule has 4 heteroatoms. The average Bonchev–Trinajstić information content (AvgIpc) is 2.50. The van der Waals surface area contributed by atoms with Crippen LogP contribution in [0.1, 0.15) is 11.1 Å². The number of aryl methyl sites for hydroxylation is 1. The molecule has 3 rings (SSSR count). The van der Waals surface area contributed by atoms with Gasteiger partial charge in [-0.05, 0) is 24.6 Å². The Labute approximate surface area is 117 Å². The summed E-state index contributed by atoms with van der Waals surface area (Å²) < 4.78 is 0. The number of hydrazone groups is 1. The van der Waals surface area contributed by atoms with Gasteiger partial charge in [0.15, 0.2) is 0 Å². The van der Waals surface area contributed by atoms with Crippen LogP contribution in [0, 0.1) is 6.92 Å². The zero-order chi connectivity index (χ0) is 13.9. The molecule has 1 aliphatic rings. The minimum atomic E-state index is -0.200. The van der Waals surface area contributed by atoms with Crippen molar-refractivity contribution in [3.05, 3.63) is 65.7 Å². The third kappa shape index (κ3) is 2.40. The van der Waals surface area contributed by atoms with Gasteiger partial charge in [0.2, 0.25) is 0 Å². The summed E-state index contributed by atoms with van der Waals surface area (Å²) in [7, 11) is 0. The van der Waals surface area contributed by atoms with Gasteiger partial charge in [0, 0.05) is 5.69 Å². The average molecular weight is 265 g/mol. The Morgan fingerprint density at radius 2 is 1.75 bits per heavy atom. The molecule has 0 saturated carbocycles. The highest BCUT2D eigenvalue weighted by Gasteiger charge is 2.22. The van der Waals surface area contributed by atoms with Gasteiger partial charge in [0.05, 0.1) is 12.3 Å². The second kappa shape index (κ2) is 5.17. The van der Waals surface area contributed by atoms with E-state index in [4.69, 9.17) is 0 Å². The fourth-order valence-electron chi connectivity index (χ4n) is 2.15. The maximum atomic E-state index is 12.0. The summed E-state index contributed by atoms with van der Waals surface area (Å²) in [5.41, 5.74) is 6.48. The predicted molar refractivity (Wildman–Crippen MR) is 80.0 cm³/mol. The van der Waals surface area contributed by atoms with E-state index >= 15 is 0 Å². The van der Waals surface area contributed by atoms with E-state index in [1.54, 1.807) is 4.90 Å². The van der Waals surface area contributed by atoms with E-state index in [0.717, 1.165) is 17.0 Å². The highest BCUT2D eigenvalue weighted by molar-refractivity contribution is 6.10. The van der Waals surface area contributed by atoms with Gasteiger partial charge in [-0.25, -0.2) is 10.2 Å². The lowest BCUT2D eigenvalue weighted by Gasteiger charge is -2.26. The van der Waals surface area contributed by atoms with Crippen molar-refractivity contribution in [3.63, 3.8) is 0 Å². The van der Waals surface area contributed by atoms with Gasteiger partial charge >= 0.3 is 6.03 Å². The lowest BCUT2D eigenvalue weighted by molar-refractivity contribution is 0.246. The van der Waals surface area contributed by atoms with Crippen molar-refractivity contribution in [2.45, 2.75) is 6.92 Å². The molecule has 0 unspecified atom stereocenters. The Bertz CT molecular complexity index is 647. The van der Waals surface area contributed by atoms with Crippen LogP contribution in [0.2, 0.25) is 0 Å². The fourth-order valence-corrected chi connectivity index (χ4v) is 2.15. The first-order valence-corrected chi connectivity index (χ1v) is 6.50. The Hall–Kier alpha value is -2.62. The van der Waals surface area contributed by atoms with Gasteiger partial charge < -0.3 is 0 Å². The molecule has 4 nitrogen and oxygen atoms in total. The molecule has 0 atom stereocenters. The minimum Gasteiger partial charge on any atom is -0.287 e. The monoisotopic (exact) mass is 265 g/mol. The lowest BCUT2D eigenvalue weighted by atomic mass is 10.1. The summed E-state index contributed by atoms with van der Waals surface area (Å²) in [6.07, 6.45) is 0. The van der Waals surface area contributed by atoms with Crippen LogP contribution >= 0.6 is 0 Å². The van der Waals surface area contributed by atoms with E-state index in [1.807, 2.05) is 61.5 Å². The van der Waals surface area contributed by atoms with Crippen molar-refractivity contribution in [3.8, 4) is 0 Å². The van der Waals surface area contributed by atoms with Gasteiger partial charge in [0.1, 0.15) is 0 Å². The number of hydrogen-bond donors (Lipinski definition) is 1. The Morgan fingerprint density at radius 1 is 1.05 bits per heavy atom. The van der Waals surface area contributed by atoms with Crippen LogP contribution in [0.5, 0.6) is 0 Å². The summed E-state index contributed by atoms with van der Waals surface area (Å²) in [4.78, 5) is 13.7. The molecule has 1 N–H and O–H groups in total. The number of carbonyl (C=O) groups excluding carboxylic acids is 1. The number of nitrogens with one attached hydrogen (secondary N) is 1. The first kappa shape index (κ1) is 12.4. The third-order valence-corrected chi connectivity index (χ3v) is 3.29. The molecule has 0 aromatic heterocycles. The number of amides is 2. The topological polar surface area (TPSA) is 44.7 Å². The molecule has 0 aliphatic carbocycles. The Balaban J connectivity index is 1.89. The van der Waals surface area contributed by atoms with E-state index in [1.165, 1.54) is 5.56 Å². The molecule has 2 amide bonds. The normalized spacial score (nSPS) is 14.8. The standard InChI is InChI=1S/C16H15N3O/c1-12-7-9-14(10-8-12)19-11-15(17-18-16(19)20)13-5-3-2-4-6-13/h2-10H,11H2,1H3,(H,18,20). The summed E-state index contributed by atoms with van der Waals surface area (Å²) in [6, 6.07) is 17.6. The number of hydrogen-bond acceptors (Lipinski definition) is 2. The second-order valence-corrected chi connectivity index (χ2v) is 4.76. The zero-order valence-electron chi connectivity index (χ0n) is 11.2. The van der Waals surface area contributed by atoms with E-state index < -0.39 is 0 Å². The van der Waals surface area contributed by atoms with Gasteiger partial charge in [-0.15, -0.1) is 0 Å². The van der Waals surface area contributed by atoms with Gasteiger partial charge in [-0.3, -0.25) is 4.90 Å². The number of rotatable bonds is 2. The van der Waals surface area contributed by atoms with Crippen molar-refractivity contribution in [1.29, 1.82) is 0 Å². The van der Waals surface area contributed by atoms with Gasteiger partial charge in [0.25, 0.3) is 0 Å². The predicted octanol–water partition coefficient (Wildman–Crippen LogP) is 2.93. The molecule has 0 spiro atoms. The summed E-state index contributed by atoms with van der Waals surface area (Å²) in [5, 5.41) is 4.15. The number of nitrogens with zero attached hydrogens (tertiary/aromatic N) is 2. The van der Waals surface area contributed by atoms with Crippen molar-refractivity contribution in [2.75, 3.05) is 11.4 Å². The van der Waals surface area contributed by atoms with Crippen LogP contribution in [0.3, 0.4) is 0 Å². The molecule has 0 radical (unpaired) electrons. The van der Waals surface area contributed by atoms with Crippen molar-refractivity contribution in [1.82, 2.24) is 5.43 Å². The Kier molecular flexibility index (Phi) is 3.21. The van der Waals surface area contributed by atoms with Crippen LogP contribution < -0.4 is 10.3 Å². The van der Waals surface area contributed by atoms with Crippen LogP contribution in [0.15, 0.2) is 59.7 Å². The molecule has 0 bridgehead atoms. The maximum absolute atomic E-state index is 12.0. The number of benzene rings is 2.